The molecule has 0 aromatic carbocycles. The van der Waals surface area contributed by atoms with Crippen molar-refractivity contribution in [2.75, 3.05) is 6.61 Å². The van der Waals surface area contributed by atoms with E-state index in [1.807, 2.05) is 0 Å². The van der Waals surface area contributed by atoms with E-state index in [4.69, 9.17) is 0 Å². The van der Waals surface area contributed by atoms with E-state index in [0.717, 1.165) is 57.8 Å². The van der Waals surface area contributed by atoms with Gasteiger partial charge in [0, 0.05) is 48.9 Å². The molecule has 0 bridgehead atoms. The first-order chi connectivity index (χ1) is 13.3. The van der Waals surface area contributed by atoms with E-state index in [1.54, 1.807) is 6.08 Å². The summed E-state index contributed by atoms with van der Waals surface area (Å²) < 4.78 is 4.43. The van der Waals surface area contributed by atoms with Gasteiger partial charge >= 0.3 is 5.97 Å². The number of nitro groups is 2. The van der Waals surface area contributed by atoms with Crippen LogP contribution in [0.2, 0.25) is 0 Å². The molecule has 0 aromatic rings. The molecule has 0 unspecified atom stereocenters. The van der Waals surface area contributed by atoms with Gasteiger partial charge in [0.2, 0.25) is 11.6 Å². The standard InChI is InChI=1S/C9H15NO2.C6H11NO2.C5H8O2/c1-2-6-9(10(11)12)7-4-3-5-8-9;8-7(9)6-4-2-1-3-5-6;1-3-4-7-5(2)6/h2H,1,3-8H2;6H,1-5H2;3H,1,4H2,2H3. The van der Waals surface area contributed by atoms with Crippen LogP contribution < -0.4 is 0 Å². The van der Waals surface area contributed by atoms with E-state index in [1.165, 1.54) is 19.4 Å². The number of hydrogen-bond donors (Lipinski definition) is 0. The summed E-state index contributed by atoms with van der Waals surface area (Å²) in [7, 11) is 0. The highest BCUT2D eigenvalue weighted by Gasteiger charge is 2.42. The summed E-state index contributed by atoms with van der Waals surface area (Å²) in [6.45, 7) is 8.61. The van der Waals surface area contributed by atoms with Crippen molar-refractivity contribution in [3.05, 3.63) is 45.5 Å². The second kappa shape index (κ2) is 14.8. The van der Waals surface area contributed by atoms with Crippen LogP contribution in [-0.4, -0.2) is 34.0 Å². The quantitative estimate of drug-likeness (QED) is 0.273. The van der Waals surface area contributed by atoms with Gasteiger partial charge in [-0.15, -0.1) is 6.58 Å². The molecule has 0 spiro atoms. The number of rotatable bonds is 6. The largest absolute Gasteiger partial charge is 0.462 e. The van der Waals surface area contributed by atoms with Crippen LogP contribution in [0.1, 0.15) is 77.6 Å². The lowest BCUT2D eigenvalue weighted by Crippen LogP contribution is -2.39. The van der Waals surface area contributed by atoms with Crippen LogP contribution in [0.15, 0.2) is 25.3 Å². The van der Waals surface area contributed by atoms with Gasteiger partial charge in [0.1, 0.15) is 6.61 Å². The zero-order valence-corrected chi connectivity index (χ0v) is 17.0. The topological polar surface area (TPSA) is 113 Å². The Hall–Kier alpha value is -2.25. The summed E-state index contributed by atoms with van der Waals surface area (Å²) in [6.07, 6.45) is 13.2. The van der Waals surface area contributed by atoms with E-state index in [-0.39, 0.29) is 21.9 Å². The van der Waals surface area contributed by atoms with Gasteiger partial charge in [-0.2, -0.15) is 0 Å². The minimum Gasteiger partial charge on any atom is -0.462 e. The molecule has 8 heteroatoms. The molecule has 2 rings (SSSR count). The maximum atomic E-state index is 10.8. The number of nitrogens with zero attached hydrogens (tertiary/aromatic N) is 2. The molecule has 0 saturated heterocycles. The molecule has 2 fully saturated rings. The molecule has 0 atom stereocenters. The van der Waals surface area contributed by atoms with Gasteiger partial charge in [-0.05, 0) is 25.7 Å². The smallest absolute Gasteiger partial charge is 0.302 e. The van der Waals surface area contributed by atoms with Crippen LogP contribution in [-0.2, 0) is 9.53 Å². The van der Waals surface area contributed by atoms with E-state index >= 15 is 0 Å². The molecule has 0 radical (unpaired) electrons. The lowest BCUT2D eigenvalue weighted by molar-refractivity contribution is -0.574. The molecule has 28 heavy (non-hydrogen) atoms. The molecule has 2 saturated carbocycles. The molecule has 0 aliphatic heterocycles. The van der Waals surface area contributed by atoms with Gasteiger partial charge in [0.25, 0.3) is 0 Å². The number of ether oxygens (including phenoxy) is 1. The zero-order valence-electron chi connectivity index (χ0n) is 17.0. The van der Waals surface area contributed by atoms with Crippen LogP contribution in [0, 0.1) is 20.2 Å². The molecule has 160 valence electrons. The molecule has 0 amide bonds. The van der Waals surface area contributed by atoms with Gasteiger partial charge in [-0.25, -0.2) is 0 Å². The average molecular weight is 399 g/mol. The normalized spacial score (nSPS) is 18.2. The SMILES string of the molecule is C=CCC1([N+](=O)[O-])CCCCC1.C=CCOC(C)=O.O=[N+]([O-])C1CCCCC1. The van der Waals surface area contributed by atoms with Crippen molar-refractivity contribution < 1.29 is 19.4 Å². The fraction of sp³-hybridized carbons (Fsp3) is 0.750. The molecule has 8 nitrogen and oxygen atoms in total. The fourth-order valence-corrected chi connectivity index (χ4v) is 3.41. The molecule has 0 heterocycles. The van der Waals surface area contributed by atoms with E-state index in [9.17, 15) is 25.0 Å². The van der Waals surface area contributed by atoms with Crippen molar-refractivity contribution in [1.82, 2.24) is 0 Å². The van der Waals surface area contributed by atoms with Crippen LogP contribution in [0.25, 0.3) is 0 Å². The third-order valence-electron chi connectivity index (χ3n) is 4.97. The predicted octanol–water partition coefficient (Wildman–Crippen LogP) is 4.87. The van der Waals surface area contributed by atoms with Crippen molar-refractivity contribution >= 4 is 5.97 Å². The molecular formula is C20H34N2O6. The maximum Gasteiger partial charge on any atom is 0.302 e. The van der Waals surface area contributed by atoms with Crippen molar-refractivity contribution in [2.45, 2.75) is 89.1 Å². The summed E-state index contributed by atoms with van der Waals surface area (Å²) in [6, 6.07) is -0.223. The molecule has 0 N–H and O–H groups in total. The third kappa shape index (κ3) is 10.8. The molecular weight excluding hydrogens is 364 g/mol. The average Bonchev–Trinajstić information content (AvgIpc) is 2.69. The first kappa shape index (κ1) is 25.8. The highest BCUT2D eigenvalue weighted by atomic mass is 16.6. The first-order valence-electron chi connectivity index (χ1n) is 9.92. The number of carbonyl (C=O) groups excluding carboxylic acids is 1. The monoisotopic (exact) mass is 398 g/mol. The first-order valence-corrected chi connectivity index (χ1v) is 9.92. The van der Waals surface area contributed by atoms with Crippen molar-refractivity contribution in [1.29, 1.82) is 0 Å². The van der Waals surface area contributed by atoms with Gasteiger partial charge in [-0.3, -0.25) is 25.0 Å². The summed E-state index contributed by atoms with van der Waals surface area (Å²) in [5.74, 6) is -0.264. The Kier molecular flexibility index (Phi) is 13.6. The van der Waals surface area contributed by atoms with Crippen LogP contribution in [0.4, 0.5) is 0 Å². The second-order valence-corrected chi connectivity index (χ2v) is 7.20. The Morgan fingerprint density at radius 3 is 1.89 bits per heavy atom. The Morgan fingerprint density at radius 1 is 1.04 bits per heavy atom. The Bertz CT molecular complexity index is 509. The summed E-state index contributed by atoms with van der Waals surface area (Å²) in [4.78, 5) is 30.7. The Morgan fingerprint density at radius 2 is 1.57 bits per heavy atom. The lowest BCUT2D eigenvalue weighted by Gasteiger charge is -2.27. The highest BCUT2D eigenvalue weighted by molar-refractivity contribution is 5.65. The van der Waals surface area contributed by atoms with Gasteiger partial charge in [0.15, 0.2) is 0 Å². The van der Waals surface area contributed by atoms with E-state index < -0.39 is 5.54 Å². The van der Waals surface area contributed by atoms with Crippen LogP contribution >= 0.6 is 0 Å². The second-order valence-electron chi connectivity index (χ2n) is 7.20. The Balaban J connectivity index is 0.000000408. The molecule has 2 aliphatic rings. The lowest BCUT2D eigenvalue weighted by atomic mass is 9.80. The van der Waals surface area contributed by atoms with Gasteiger partial charge in [0.05, 0.1) is 0 Å². The third-order valence-corrected chi connectivity index (χ3v) is 4.97. The van der Waals surface area contributed by atoms with Crippen molar-refractivity contribution in [3.8, 4) is 0 Å². The molecule has 0 aromatic heterocycles. The maximum absolute atomic E-state index is 10.8. The van der Waals surface area contributed by atoms with Crippen molar-refractivity contribution in [3.63, 3.8) is 0 Å². The van der Waals surface area contributed by atoms with Crippen LogP contribution in [0.5, 0.6) is 0 Å². The van der Waals surface area contributed by atoms with Gasteiger partial charge in [-0.1, -0.05) is 31.6 Å². The summed E-state index contributed by atoms with van der Waals surface area (Å²) >= 11 is 0. The highest BCUT2D eigenvalue weighted by Crippen LogP contribution is 2.33. The summed E-state index contributed by atoms with van der Waals surface area (Å²) in [5.41, 5.74) is -0.667. The van der Waals surface area contributed by atoms with E-state index in [0.29, 0.717) is 13.0 Å². The van der Waals surface area contributed by atoms with E-state index in [2.05, 4.69) is 17.9 Å². The van der Waals surface area contributed by atoms with Gasteiger partial charge < -0.3 is 4.74 Å². The molecule has 2 aliphatic carbocycles. The van der Waals surface area contributed by atoms with Crippen molar-refractivity contribution in [2.24, 2.45) is 0 Å². The zero-order chi connectivity index (χ0) is 21.4. The predicted molar refractivity (Wildman–Crippen MR) is 108 cm³/mol. The minimum atomic E-state index is -0.667. The Labute approximate surface area is 167 Å². The number of carbonyl (C=O) groups is 1. The number of hydrogen-bond acceptors (Lipinski definition) is 6. The number of esters is 1. The minimum absolute atomic E-state index is 0.103. The van der Waals surface area contributed by atoms with Crippen LogP contribution in [0.3, 0.4) is 0 Å². The fourth-order valence-electron chi connectivity index (χ4n) is 3.41. The summed E-state index contributed by atoms with van der Waals surface area (Å²) in [5, 5.41) is 21.0.